The maximum atomic E-state index is 11.3. The van der Waals surface area contributed by atoms with E-state index < -0.39 is 32.8 Å². The number of carbonyl (C=O) groups excluding carboxylic acids is 1. The molecule has 4 aromatic carbocycles. The fourth-order valence-electron chi connectivity index (χ4n) is 4.85. The molecular formula is C28H20N4O8. The molecule has 200 valence electrons. The van der Waals surface area contributed by atoms with Crippen LogP contribution in [0.5, 0.6) is 0 Å². The number of hydrogen-bond donors (Lipinski definition) is 0. The number of carbonyl (C=O) groups is 1. The summed E-state index contributed by atoms with van der Waals surface area (Å²) in [6.07, 6.45) is 0.00936. The predicted octanol–water partition coefficient (Wildman–Crippen LogP) is 6.24. The van der Waals surface area contributed by atoms with Crippen LogP contribution in [0.25, 0.3) is 0 Å². The van der Waals surface area contributed by atoms with Gasteiger partial charge in [-0.3, -0.25) is 40.0 Å². The Bertz CT molecular complexity index is 1570. The van der Waals surface area contributed by atoms with Gasteiger partial charge >= 0.3 is 0 Å². The van der Waals surface area contributed by atoms with Gasteiger partial charge in [-0.1, -0.05) is 24.3 Å². The van der Waals surface area contributed by atoms with Crippen molar-refractivity contribution in [2.75, 3.05) is 5.06 Å². The van der Waals surface area contributed by atoms with Crippen molar-refractivity contribution >= 4 is 29.0 Å². The normalized spacial score (nSPS) is 18.3. The Morgan fingerprint density at radius 1 is 0.600 bits per heavy atom. The van der Waals surface area contributed by atoms with E-state index in [1.165, 1.54) is 36.4 Å². The highest BCUT2D eigenvalue weighted by atomic mass is 16.7. The first-order chi connectivity index (χ1) is 19.3. The molecule has 1 fully saturated rings. The SMILES string of the molecule is O=Cc1ccc(N2O[C@@H](c3ccc([N+](=O)[O-])cc3)[C@@H](c3ccc([N+](=O)[O-])cc3)[C@H]2c2ccc([N+](=O)[O-])cc2)cc1. The molecule has 0 aliphatic carbocycles. The summed E-state index contributed by atoms with van der Waals surface area (Å²) in [5.74, 6) is -0.505. The van der Waals surface area contributed by atoms with Gasteiger partial charge in [0.25, 0.3) is 17.1 Å². The standard InChI is InChI=1S/C28H20N4O8/c33-17-18-1-9-22(10-2-18)29-27(20-5-13-24(14-6-20)31(36)37)26(19-3-11-23(12-4-19)30(34)35)28(40-29)21-7-15-25(16-8-21)32(38)39/h1-17,26-28H/t26-,27+,28-/m0/s1. The lowest BCUT2D eigenvalue weighted by Gasteiger charge is -2.28. The van der Waals surface area contributed by atoms with Crippen LogP contribution >= 0.6 is 0 Å². The highest BCUT2D eigenvalue weighted by Gasteiger charge is 2.46. The lowest BCUT2D eigenvalue weighted by atomic mass is 9.81. The number of aldehydes is 1. The van der Waals surface area contributed by atoms with E-state index in [0.717, 1.165) is 0 Å². The van der Waals surface area contributed by atoms with Gasteiger partial charge in [0.2, 0.25) is 0 Å². The molecule has 0 amide bonds. The van der Waals surface area contributed by atoms with Crippen LogP contribution < -0.4 is 5.06 Å². The highest BCUT2D eigenvalue weighted by Crippen LogP contribution is 2.54. The zero-order valence-electron chi connectivity index (χ0n) is 20.6. The molecule has 12 heteroatoms. The molecule has 1 aliphatic heterocycles. The second kappa shape index (κ2) is 10.7. The first-order valence-electron chi connectivity index (χ1n) is 12.0. The van der Waals surface area contributed by atoms with Gasteiger partial charge < -0.3 is 0 Å². The zero-order chi connectivity index (χ0) is 28.4. The summed E-state index contributed by atoms with van der Waals surface area (Å²) in [5, 5.41) is 35.5. The molecular weight excluding hydrogens is 520 g/mol. The van der Waals surface area contributed by atoms with E-state index in [0.29, 0.717) is 34.2 Å². The smallest absolute Gasteiger partial charge is 0.269 e. The summed E-state index contributed by atoms with van der Waals surface area (Å²) >= 11 is 0. The summed E-state index contributed by atoms with van der Waals surface area (Å²) < 4.78 is 0. The second-order valence-corrected chi connectivity index (χ2v) is 9.08. The maximum absolute atomic E-state index is 11.3. The maximum Gasteiger partial charge on any atom is 0.269 e. The van der Waals surface area contributed by atoms with E-state index in [1.54, 1.807) is 65.7 Å². The molecule has 0 aromatic heterocycles. The van der Waals surface area contributed by atoms with E-state index in [4.69, 9.17) is 4.84 Å². The average Bonchev–Trinajstić information content (AvgIpc) is 3.38. The van der Waals surface area contributed by atoms with Crippen LogP contribution in [0.15, 0.2) is 97.1 Å². The number of nitro benzene ring substituents is 3. The topological polar surface area (TPSA) is 159 Å². The van der Waals surface area contributed by atoms with Gasteiger partial charge in [0.05, 0.1) is 26.5 Å². The number of nitro groups is 3. The summed E-state index contributed by atoms with van der Waals surface area (Å²) in [6.45, 7) is 0. The second-order valence-electron chi connectivity index (χ2n) is 9.08. The Kier molecular flexibility index (Phi) is 7.00. The van der Waals surface area contributed by atoms with Crippen LogP contribution in [0, 0.1) is 30.3 Å². The number of non-ortho nitro benzene ring substituents is 3. The minimum Gasteiger partial charge on any atom is -0.298 e. The van der Waals surface area contributed by atoms with Crippen LogP contribution in [-0.2, 0) is 4.84 Å². The van der Waals surface area contributed by atoms with Crippen LogP contribution in [0.1, 0.15) is 45.1 Å². The minimum atomic E-state index is -0.701. The molecule has 0 unspecified atom stereocenters. The first-order valence-corrected chi connectivity index (χ1v) is 12.0. The number of anilines is 1. The van der Waals surface area contributed by atoms with E-state index in [1.807, 2.05) is 0 Å². The lowest BCUT2D eigenvalue weighted by Crippen LogP contribution is -2.23. The van der Waals surface area contributed by atoms with Gasteiger partial charge in [0, 0.05) is 47.9 Å². The Balaban J connectivity index is 1.68. The molecule has 1 heterocycles. The highest BCUT2D eigenvalue weighted by molar-refractivity contribution is 5.75. The largest absolute Gasteiger partial charge is 0.298 e. The molecule has 0 saturated carbocycles. The van der Waals surface area contributed by atoms with Crippen molar-refractivity contribution in [2.24, 2.45) is 0 Å². The van der Waals surface area contributed by atoms with E-state index in [-0.39, 0.29) is 17.1 Å². The van der Waals surface area contributed by atoms with Crippen molar-refractivity contribution in [2.45, 2.75) is 18.1 Å². The molecule has 3 atom stereocenters. The third-order valence-corrected chi connectivity index (χ3v) is 6.80. The molecule has 5 rings (SSSR count). The molecule has 0 bridgehead atoms. The molecule has 0 radical (unpaired) electrons. The lowest BCUT2D eigenvalue weighted by molar-refractivity contribution is -0.385. The number of nitrogens with zero attached hydrogens (tertiary/aromatic N) is 4. The van der Waals surface area contributed by atoms with Crippen LogP contribution in [0.4, 0.5) is 22.7 Å². The third kappa shape index (κ3) is 4.98. The van der Waals surface area contributed by atoms with E-state index >= 15 is 0 Å². The summed E-state index contributed by atoms with van der Waals surface area (Å²) in [7, 11) is 0. The fourth-order valence-corrected chi connectivity index (χ4v) is 4.85. The van der Waals surface area contributed by atoms with Gasteiger partial charge in [0.1, 0.15) is 12.4 Å². The number of benzene rings is 4. The Labute approximate surface area is 226 Å². The monoisotopic (exact) mass is 540 g/mol. The van der Waals surface area contributed by atoms with Crippen LogP contribution in [0.3, 0.4) is 0 Å². The minimum absolute atomic E-state index is 0.0941. The van der Waals surface area contributed by atoms with E-state index in [2.05, 4.69) is 0 Å². The fraction of sp³-hybridized carbons (Fsp3) is 0.107. The van der Waals surface area contributed by atoms with Crippen LogP contribution in [-0.4, -0.2) is 21.1 Å². The van der Waals surface area contributed by atoms with Crippen molar-refractivity contribution in [3.8, 4) is 0 Å². The number of rotatable bonds is 8. The van der Waals surface area contributed by atoms with Gasteiger partial charge in [-0.2, -0.15) is 0 Å². The van der Waals surface area contributed by atoms with Crippen molar-refractivity contribution < 1.29 is 24.4 Å². The van der Waals surface area contributed by atoms with Crippen molar-refractivity contribution in [1.29, 1.82) is 0 Å². The van der Waals surface area contributed by atoms with Gasteiger partial charge in [0.15, 0.2) is 0 Å². The average molecular weight is 540 g/mol. The zero-order valence-corrected chi connectivity index (χ0v) is 20.6. The predicted molar refractivity (Wildman–Crippen MR) is 143 cm³/mol. The van der Waals surface area contributed by atoms with Crippen molar-refractivity contribution in [1.82, 2.24) is 0 Å². The summed E-state index contributed by atoms with van der Waals surface area (Å²) in [6, 6.07) is 24.0. The Hall–Kier alpha value is -5.49. The quantitative estimate of drug-likeness (QED) is 0.143. The molecule has 0 N–H and O–H groups in total. The van der Waals surface area contributed by atoms with Crippen molar-refractivity contribution in [3.05, 3.63) is 150 Å². The molecule has 1 saturated heterocycles. The van der Waals surface area contributed by atoms with Gasteiger partial charge in [-0.25, -0.2) is 5.06 Å². The first kappa shape index (κ1) is 26.1. The molecule has 1 aliphatic rings. The number of hydrogen-bond acceptors (Lipinski definition) is 9. The Morgan fingerprint density at radius 3 is 1.45 bits per heavy atom. The molecule has 12 nitrogen and oxygen atoms in total. The molecule has 40 heavy (non-hydrogen) atoms. The van der Waals surface area contributed by atoms with Crippen LogP contribution in [0.2, 0.25) is 0 Å². The number of hydroxylamine groups is 1. The summed E-state index contributed by atoms with van der Waals surface area (Å²) in [4.78, 5) is 50.1. The van der Waals surface area contributed by atoms with Gasteiger partial charge in [-0.05, 0) is 53.1 Å². The summed E-state index contributed by atoms with van der Waals surface area (Å²) in [5.41, 5.74) is 2.72. The Morgan fingerprint density at radius 2 is 1.02 bits per heavy atom. The van der Waals surface area contributed by atoms with Gasteiger partial charge in [-0.15, -0.1) is 0 Å². The van der Waals surface area contributed by atoms with E-state index in [9.17, 15) is 35.1 Å². The van der Waals surface area contributed by atoms with Crippen molar-refractivity contribution in [3.63, 3.8) is 0 Å². The molecule has 0 spiro atoms. The molecule has 4 aromatic rings. The third-order valence-electron chi connectivity index (χ3n) is 6.80.